The lowest BCUT2D eigenvalue weighted by atomic mass is 9.91. The highest BCUT2D eigenvalue weighted by molar-refractivity contribution is 6.07. The number of ether oxygens (including phenoxy) is 2. The smallest absolute Gasteiger partial charge is 0.325 e. The van der Waals surface area contributed by atoms with Gasteiger partial charge >= 0.3 is 6.03 Å². The van der Waals surface area contributed by atoms with E-state index in [-0.39, 0.29) is 13.2 Å². The van der Waals surface area contributed by atoms with Crippen molar-refractivity contribution in [3.05, 3.63) is 59.7 Å². The summed E-state index contributed by atoms with van der Waals surface area (Å²) in [6.45, 7) is 3.41. The van der Waals surface area contributed by atoms with Gasteiger partial charge in [0.25, 0.3) is 5.91 Å². The predicted octanol–water partition coefficient (Wildman–Crippen LogP) is 2.21. The minimum Gasteiger partial charge on any atom is -0.497 e. The lowest BCUT2D eigenvalue weighted by Crippen LogP contribution is -2.42. The number of aliphatic hydroxyl groups excluding tert-OH is 1. The molecule has 2 aromatic rings. The molecule has 28 heavy (non-hydrogen) atoms. The third-order valence-electron chi connectivity index (χ3n) is 4.80. The van der Waals surface area contributed by atoms with Gasteiger partial charge < -0.3 is 19.9 Å². The molecule has 1 heterocycles. The number of β-amino-alcohol motifs (C(OH)–C–C–N with tert-alkyl or cyclic N) is 1. The number of hydrogen-bond acceptors (Lipinski definition) is 5. The van der Waals surface area contributed by atoms with Crippen molar-refractivity contribution in [1.29, 1.82) is 0 Å². The molecule has 2 atom stereocenters. The molecule has 1 aliphatic heterocycles. The lowest BCUT2D eigenvalue weighted by Gasteiger charge is -2.23. The Balaban J connectivity index is 1.62. The number of methoxy groups -OCH3 is 1. The number of hydrogen-bond donors (Lipinski definition) is 2. The summed E-state index contributed by atoms with van der Waals surface area (Å²) in [6.07, 6.45) is -1.02. The zero-order valence-corrected chi connectivity index (χ0v) is 16.1. The normalized spacial score (nSPS) is 20.1. The summed E-state index contributed by atoms with van der Waals surface area (Å²) >= 11 is 0. The zero-order chi connectivity index (χ0) is 20.3. The molecule has 0 aromatic heterocycles. The van der Waals surface area contributed by atoms with Crippen LogP contribution in [-0.2, 0) is 10.3 Å². The molecule has 2 aromatic carbocycles. The summed E-state index contributed by atoms with van der Waals surface area (Å²) in [4.78, 5) is 26.3. The molecule has 1 aliphatic rings. The van der Waals surface area contributed by atoms with Crippen molar-refractivity contribution in [2.24, 2.45) is 0 Å². The Bertz CT molecular complexity index is 850. The van der Waals surface area contributed by atoms with Crippen LogP contribution in [-0.4, -0.2) is 48.3 Å². The third kappa shape index (κ3) is 3.94. The van der Waals surface area contributed by atoms with Crippen LogP contribution in [0.1, 0.15) is 18.1 Å². The van der Waals surface area contributed by atoms with E-state index >= 15 is 0 Å². The molecule has 0 radical (unpaired) electrons. The summed E-state index contributed by atoms with van der Waals surface area (Å²) in [5.41, 5.74) is 0.608. The molecule has 148 valence electrons. The zero-order valence-electron chi connectivity index (χ0n) is 16.1. The number of aliphatic hydroxyl groups is 1. The molecule has 1 fully saturated rings. The molecule has 0 saturated carbocycles. The Morgan fingerprint density at radius 3 is 2.29 bits per heavy atom. The van der Waals surface area contributed by atoms with E-state index in [1.807, 2.05) is 31.2 Å². The van der Waals surface area contributed by atoms with Gasteiger partial charge in [-0.15, -0.1) is 0 Å². The van der Waals surface area contributed by atoms with E-state index in [1.165, 1.54) is 0 Å². The van der Waals surface area contributed by atoms with Crippen LogP contribution in [0.15, 0.2) is 48.5 Å². The van der Waals surface area contributed by atoms with Gasteiger partial charge in [0.05, 0.1) is 13.7 Å². The Morgan fingerprint density at radius 2 is 1.68 bits per heavy atom. The molecule has 0 aliphatic carbocycles. The maximum absolute atomic E-state index is 12.9. The predicted molar refractivity (Wildman–Crippen MR) is 103 cm³/mol. The van der Waals surface area contributed by atoms with Gasteiger partial charge in [-0.1, -0.05) is 29.8 Å². The molecular weight excluding hydrogens is 360 g/mol. The van der Waals surface area contributed by atoms with Crippen molar-refractivity contribution in [2.75, 3.05) is 20.3 Å². The fraction of sp³-hybridized carbons (Fsp3) is 0.333. The summed E-state index contributed by atoms with van der Waals surface area (Å²) in [5.74, 6) is 0.856. The van der Waals surface area contributed by atoms with E-state index in [0.717, 1.165) is 10.5 Å². The van der Waals surface area contributed by atoms with E-state index in [9.17, 15) is 14.7 Å². The first-order valence-electron chi connectivity index (χ1n) is 8.99. The molecule has 2 N–H and O–H groups in total. The molecule has 3 rings (SSSR count). The van der Waals surface area contributed by atoms with Crippen LogP contribution in [0, 0.1) is 6.92 Å². The summed E-state index contributed by atoms with van der Waals surface area (Å²) in [6, 6.07) is 13.8. The standard InChI is InChI=1S/C21H24N2O5/c1-14-4-6-15(7-5-14)21(2)19(25)23(20(26)22-21)12-16(24)13-28-18-10-8-17(27-3)9-11-18/h4-11,16,24H,12-13H2,1-3H3,(H,22,26)/t16-,21+/m1/s1. The second-order valence-electron chi connectivity index (χ2n) is 6.98. The van der Waals surface area contributed by atoms with E-state index in [2.05, 4.69) is 5.32 Å². The third-order valence-corrected chi connectivity index (χ3v) is 4.80. The number of carbonyl (C=O) groups excluding carboxylic acids is 2. The molecule has 0 unspecified atom stereocenters. The number of aryl methyl sites for hydroxylation is 1. The van der Waals surface area contributed by atoms with Crippen molar-refractivity contribution in [3.8, 4) is 11.5 Å². The fourth-order valence-corrected chi connectivity index (χ4v) is 3.07. The molecule has 3 amide bonds. The van der Waals surface area contributed by atoms with Gasteiger partial charge in [0.15, 0.2) is 0 Å². The van der Waals surface area contributed by atoms with Crippen LogP contribution in [0.25, 0.3) is 0 Å². The Labute approximate surface area is 163 Å². The Hall–Kier alpha value is -3.06. The second-order valence-corrected chi connectivity index (χ2v) is 6.98. The van der Waals surface area contributed by atoms with Crippen molar-refractivity contribution in [1.82, 2.24) is 10.2 Å². The first-order chi connectivity index (χ1) is 13.3. The lowest BCUT2D eigenvalue weighted by molar-refractivity contribution is -0.132. The average Bonchev–Trinajstić information content (AvgIpc) is 2.91. The minimum atomic E-state index is -1.15. The number of carbonyl (C=O) groups is 2. The van der Waals surface area contributed by atoms with Crippen LogP contribution in [0.4, 0.5) is 4.79 Å². The summed E-state index contributed by atoms with van der Waals surface area (Å²) in [5, 5.41) is 13.0. The van der Waals surface area contributed by atoms with Crippen LogP contribution in [0.3, 0.4) is 0 Å². The molecule has 0 spiro atoms. The van der Waals surface area contributed by atoms with Gasteiger partial charge in [0.1, 0.15) is 29.7 Å². The summed E-state index contributed by atoms with van der Waals surface area (Å²) in [7, 11) is 1.57. The van der Waals surface area contributed by atoms with Crippen molar-refractivity contribution in [3.63, 3.8) is 0 Å². The SMILES string of the molecule is COc1ccc(OC[C@H](O)CN2C(=O)N[C@@](C)(c3ccc(C)cc3)C2=O)cc1. The highest BCUT2D eigenvalue weighted by atomic mass is 16.5. The van der Waals surface area contributed by atoms with Crippen LogP contribution < -0.4 is 14.8 Å². The number of benzene rings is 2. The molecule has 1 saturated heterocycles. The summed E-state index contributed by atoms with van der Waals surface area (Å²) < 4.78 is 10.6. The van der Waals surface area contributed by atoms with Crippen LogP contribution in [0.2, 0.25) is 0 Å². The number of urea groups is 1. The molecule has 0 bridgehead atoms. The highest BCUT2D eigenvalue weighted by Gasteiger charge is 2.49. The monoisotopic (exact) mass is 384 g/mol. The minimum absolute atomic E-state index is 0.0510. The largest absolute Gasteiger partial charge is 0.497 e. The van der Waals surface area contributed by atoms with Gasteiger partial charge in [-0.3, -0.25) is 9.69 Å². The maximum atomic E-state index is 12.9. The van der Waals surface area contributed by atoms with E-state index in [0.29, 0.717) is 17.1 Å². The number of nitrogens with one attached hydrogen (secondary N) is 1. The van der Waals surface area contributed by atoms with E-state index in [4.69, 9.17) is 9.47 Å². The van der Waals surface area contributed by atoms with E-state index in [1.54, 1.807) is 38.3 Å². The van der Waals surface area contributed by atoms with Gasteiger partial charge in [-0.25, -0.2) is 4.79 Å². The molecule has 7 heteroatoms. The maximum Gasteiger partial charge on any atom is 0.325 e. The van der Waals surface area contributed by atoms with Gasteiger partial charge in [-0.05, 0) is 43.7 Å². The molecule has 7 nitrogen and oxygen atoms in total. The number of imide groups is 1. The van der Waals surface area contributed by atoms with E-state index < -0.39 is 23.6 Å². The second kappa shape index (κ2) is 7.90. The topological polar surface area (TPSA) is 88.1 Å². The fourth-order valence-electron chi connectivity index (χ4n) is 3.07. The molecular formula is C21H24N2O5. The van der Waals surface area contributed by atoms with Gasteiger partial charge in [0.2, 0.25) is 0 Å². The average molecular weight is 384 g/mol. The number of rotatable bonds is 7. The number of amides is 3. The van der Waals surface area contributed by atoms with Crippen molar-refractivity contribution >= 4 is 11.9 Å². The first kappa shape index (κ1) is 19.7. The number of nitrogens with zero attached hydrogens (tertiary/aromatic N) is 1. The van der Waals surface area contributed by atoms with Crippen molar-refractivity contribution in [2.45, 2.75) is 25.5 Å². The van der Waals surface area contributed by atoms with Crippen LogP contribution in [0.5, 0.6) is 11.5 Å². The highest BCUT2D eigenvalue weighted by Crippen LogP contribution is 2.29. The quantitative estimate of drug-likeness (QED) is 0.715. The van der Waals surface area contributed by atoms with Crippen LogP contribution >= 0.6 is 0 Å². The Kier molecular flexibility index (Phi) is 5.56. The first-order valence-corrected chi connectivity index (χ1v) is 8.99. The van der Waals surface area contributed by atoms with Crippen molar-refractivity contribution < 1.29 is 24.2 Å². The van der Waals surface area contributed by atoms with Gasteiger partial charge in [0, 0.05) is 0 Å². The van der Waals surface area contributed by atoms with Gasteiger partial charge in [-0.2, -0.15) is 0 Å². The Morgan fingerprint density at radius 1 is 1.07 bits per heavy atom.